The summed E-state index contributed by atoms with van der Waals surface area (Å²) in [7, 11) is 0. The summed E-state index contributed by atoms with van der Waals surface area (Å²) in [6, 6.07) is 13.3. The van der Waals surface area contributed by atoms with Crippen LogP contribution in [0.25, 0.3) is 0 Å². The van der Waals surface area contributed by atoms with Crippen molar-refractivity contribution in [3.8, 4) is 0 Å². The Balaban J connectivity index is 1.69. The molecule has 2 aromatic rings. The topological polar surface area (TPSA) is 58.2 Å². The van der Waals surface area contributed by atoms with Crippen LogP contribution in [0.1, 0.15) is 24.6 Å². The number of amides is 2. The highest BCUT2D eigenvalue weighted by Crippen LogP contribution is 2.12. The van der Waals surface area contributed by atoms with Crippen LogP contribution in [0.2, 0.25) is 0 Å². The molecule has 5 heteroatoms. The minimum absolute atomic E-state index is 0.00653. The van der Waals surface area contributed by atoms with Crippen LogP contribution in [0.15, 0.2) is 47.8 Å². The number of thiophene rings is 1. The van der Waals surface area contributed by atoms with Crippen molar-refractivity contribution in [1.82, 2.24) is 5.32 Å². The standard InChI is InChI=1S/C17H20N2O2S/c1-13(10-16(20)18-12-15-8-5-9-22-15)11-17(21)19-14-6-3-2-4-7-14/h2-9,13H,10-12H2,1H3,(H,18,20)(H,19,21). The fraction of sp³-hybridized carbons (Fsp3) is 0.294. The molecule has 22 heavy (non-hydrogen) atoms. The van der Waals surface area contributed by atoms with E-state index in [0.29, 0.717) is 19.4 Å². The molecule has 0 saturated carbocycles. The van der Waals surface area contributed by atoms with Crippen LogP contribution in [-0.2, 0) is 16.1 Å². The van der Waals surface area contributed by atoms with Gasteiger partial charge >= 0.3 is 0 Å². The van der Waals surface area contributed by atoms with E-state index < -0.39 is 0 Å². The van der Waals surface area contributed by atoms with Gasteiger partial charge in [0.2, 0.25) is 11.8 Å². The summed E-state index contributed by atoms with van der Waals surface area (Å²) in [4.78, 5) is 24.9. The molecule has 0 saturated heterocycles. The molecular formula is C17H20N2O2S. The van der Waals surface area contributed by atoms with Crippen molar-refractivity contribution in [3.63, 3.8) is 0 Å². The molecule has 2 rings (SSSR count). The second-order valence-electron chi connectivity index (χ2n) is 5.28. The lowest BCUT2D eigenvalue weighted by Crippen LogP contribution is -2.25. The van der Waals surface area contributed by atoms with Crippen LogP contribution in [0.4, 0.5) is 5.69 Å². The molecular weight excluding hydrogens is 296 g/mol. The average molecular weight is 316 g/mol. The lowest BCUT2D eigenvalue weighted by atomic mass is 10.0. The maximum Gasteiger partial charge on any atom is 0.224 e. The van der Waals surface area contributed by atoms with Crippen molar-refractivity contribution < 1.29 is 9.59 Å². The van der Waals surface area contributed by atoms with Crippen molar-refractivity contribution in [2.45, 2.75) is 26.3 Å². The number of carbonyl (C=O) groups is 2. The molecule has 0 bridgehead atoms. The number of hydrogen-bond acceptors (Lipinski definition) is 3. The Morgan fingerprint density at radius 1 is 1.05 bits per heavy atom. The summed E-state index contributed by atoms with van der Waals surface area (Å²) >= 11 is 1.62. The zero-order chi connectivity index (χ0) is 15.8. The zero-order valence-corrected chi connectivity index (χ0v) is 13.4. The van der Waals surface area contributed by atoms with Crippen molar-refractivity contribution in [2.24, 2.45) is 5.92 Å². The smallest absolute Gasteiger partial charge is 0.224 e. The first-order valence-corrected chi connectivity index (χ1v) is 8.15. The number of benzene rings is 1. The quantitative estimate of drug-likeness (QED) is 0.822. The van der Waals surface area contributed by atoms with Gasteiger partial charge in [0.15, 0.2) is 0 Å². The molecule has 116 valence electrons. The predicted octanol–water partition coefficient (Wildman–Crippen LogP) is 3.42. The highest BCUT2D eigenvalue weighted by Gasteiger charge is 2.13. The van der Waals surface area contributed by atoms with Gasteiger partial charge in [-0.05, 0) is 29.5 Å². The van der Waals surface area contributed by atoms with Gasteiger partial charge in [-0.1, -0.05) is 31.2 Å². The maximum absolute atomic E-state index is 11.9. The molecule has 0 spiro atoms. The summed E-state index contributed by atoms with van der Waals surface area (Å²) in [5.41, 5.74) is 0.779. The summed E-state index contributed by atoms with van der Waals surface area (Å²) < 4.78 is 0. The van der Waals surface area contributed by atoms with E-state index in [1.54, 1.807) is 11.3 Å². The van der Waals surface area contributed by atoms with Crippen molar-refractivity contribution in [1.29, 1.82) is 0 Å². The normalized spacial score (nSPS) is 11.7. The van der Waals surface area contributed by atoms with Gasteiger partial charge in [-0.3, -0.25) is 9.59 Å². The third-order valence-electron chi connectivity index (χ3n) is 3.17. The highest BCUT2D eigenvalue weighted by molar-refractivity contribution is 7.09. The van der Waals surface area contributed by atoms with Gasteiger partial charge in [-0.2, -0.15) is 0 Å². The Morgan fingerprint density at radius 2 is 1.77 bits per heavy atom. The van der Waals surface area contributed by atoms with Gasteiger partial charge in [0, 0.05) is 23.4 Å². The van der Waals surface area contributed by atoms with Gasteiger partial charge in [-0.25, -0.2) is 0 Å². The summed E-state index contributed by atoms with van der Waals surface area (Å²) in [5, 5.41) is 7.69. The number of rotatable bonds is 7. The highest BCUT2D eigenvalue weighted by atomic mass is 32.1. The van der Waals surface area contributed by atoms with E-state index in [1.807, 2.05) is 54.8 Å². The molecule has 1 aromatic carbocycles. The first kappa shape index (κ1) is 16.2. The van der Waals surface area contributed by atoms with E-state index in [9.17, 15) is 9.59 Å². The van der Waals surface area contributed by atoms with Gasteiger partial charge in [0.05, 0.1) is 6.54 Å². The Morgan fingerprint density at radius 3 is 2.45 bits per heavy atom. The third kappa shape index (κ3) is 5.69. The molecule has 0 radical (unpaired) electrons. The lowest BCUT2D eigenvalue weighted by molar-refractivity contribution is -0.122. The summed E-state index contributed by atoms with van der Waals surface area (Å²) in [6.45, 7) is 2.47. The SMILES string of the molecule is CC(CC(=O)NCc1cccs1)CC(=O)Nc1ccccc1. The molecule has 0 aliphatic heterocycles. The Kier molecular flexibility index (Phi) is 6.15. The molecule has 1 heterocycles. The minimum atomic E-state index is -0.0650. The van der Waals surface area contributed by atoms with Crippen LogP contribution < -0.4 is 10.6 Å². The fourth-order valence-corrected chi connectivity index (χ4v) is 2.75. The first-order valence-electron chi connectivity index (χ1n) is 7.27. The Hall–Kier alpha value is -2.14. The van der Waals surface area contributed by atoms with Crippen molar-refractivity contribution >= 4 is 28.8 Å². The number of anilines is 1. The molecule has 1 unspecified atom stereocenters. The summed E-state index contributed by atoms with van der Waals surface area (Å²) in [5.74, 6) is -0.0785. The summed E-state index contributed by atoms with van der Waals surface area (Å²) in [6.07, 6.45) is 0.689. The maximum atomic E-state index is 11.9. The van der Waals surface area contributed by atoms with Gasteiger partial charge in [0.25, 0.3) is 0 Å². The number of nitrogens with one attached hydrogen (secondary N) is 2. The average Bonchev–Trinajstić information content (AvgIpc) is 2.99. The molecule has 4 nitrogen and oxygen atoms in total. The van der Waals surface area contributed by atoms with Crippen LogP contribution in [0.3, 0.4) is 0 Å². The zero-order valence-electron chi connectivity index (χ0n) is 12.5. The molecule has 0 fully saturated rings. The third-order valence-corrected chi connectivity index (χ3v) is 4.04. The van der Waals surface area contributed by atoms with Gasteiger partial charge in [-0.15, -0.1) is 11.3 Å². The van der Waals surface area contributed by atoms with Crippen LogP contribution in [-0.4, -0.2) is 11.8 Å². The van der Waals surface area contributed by atoms with E-state index in [4.69, 9.17) is 0 Å². The van der Waals surface area contributed by atoms with Crippen LogP contribution in [0, 0.1) is 5.92 Å². The molecule has 0 aliphatic carbocycles. The monoisotopic (exact) mass is 316 g/mol. The minimum Gasteiger partial charge on any atom is -0.351 e. The molecule has 2 N–H and O–H groups in total. The molecule has 1 aromatic heterocycles. The first-order chi connectivity index (χ1) is 10.6. The molecule has 1 atom stereocenters. The van der Waals surface area contributed by atoms with Crippen LogP contribution in [0.5, 0.6) is 0 Å². The second kappa shape index (κ2) is 8.34. The molecule has 2 amide bonds. The number of carbonyl (C=O) groups excluding carboxylic acids is 2. The Bertz CT molecular complexity index is 596. The van der Waals surface area contributed by atoms with E-state index >= 15 is 0 Å². The number of para-hydroxylation sites is 1. The van der Waals surface area contributed by atoms with E-state index in [-0.39, 0.29) is 17.7 Å². The van der Waals surface area contributed by atoms with E-state index in [2.05, 4.69) is 10.6 Å². The lowest BCUT2D eigenvalue weighted by Gasteiger charge is -2.11. The second-order valence-corrected chi connectivity index (χ2v) is 6.32. The molecule has 0 aliphatic rings. The van der Waals surface area contributed by atoms with Gasteiger partial charge < -0.3 is 10.6 Å². The van der Waals surface area contributed by atoms with Gasteiger partial charge in [0.1, 0.15) is 0 Å². The fourth-order valence-electron chi connectivity index (χ4n) is 2.11. The largest absolute Gasteiger partial charge is 0.351 e. The predicted molar refractivity (Wildman–Crippen MR) is 89.6 cm³/mol. The number of hydrogen-bond donors (Lipinski definition) is 2. The Labute approximate surface area is 134 Å². The van der Waals surface area contributed by atoms with Crippen molar-refractivity contribution in [2.75, 3.05) is 5.32 Å². The van der Waals surface area contributed by atoms with Crippen LogP contribution >= 0.6 is 11.3 Å². The van der Waals surface area contributed by atoms with E-state index in [1.165, 1.54) is 0 Å². The van der Waals surface area contributed by atoms with Crippen molar-refractivity contribution in [3.05, 3.63) is 52.7 Å². The van der Waals surface area contributed by atoms with E-state index in [0.717, 1.165) is 10.6 Å².